The number of carbonyl (C=O) groups is 2. The summed E-state index contributed by atoms with van der Waals surface area (Å²) < 4.78 is 26.6. The molecule has 1 amide bonds. The predicted octanol–water partition coefficient (Wildman–Crippen LogP) is 0.375. The Hall–Kier alpha value is -1.20. The zero-order valence-electron chi connectivity index (χ0n) is 7.43. The van der Waals surface area contributed by atoms with E-state index < -0.39 is 28.8 Å². The highest BCUT2D eigenvalue weighted by Gasteiger charge is 2.92. The summed E-state index contributed by atoms with van der Waals surface area (Å²) >= 11 is 0. The van der Waals surface area contributed by atoms with Crippen LogP contribution in [0.5, 0.6) is 0 Å². The third kappa shape index (κ3) is 0.655. The van der Waals surface area contributed by atoms with Crippen LogP contribution in [0.15, 0.2) is 0 Å². The first-order valence-corrected chi connectivity index (χ1v) is 4.17. The molecule has 0 radical (unpaired) electrons. The number of aliphatic carboxylic acids is 1. The highest BCUT2D eigenvalue weighted by Crippen LogP contribution is 2.76. The van der Waals surface area contributed by atoms with Crippen LogP contribution in [-0.2, 0) is 9.59 Å². The van der Waals surface area contributed by atoms with Crippen molar-refractivity contribution in [3.05, 3.63) is 0 Å². The molecule has 0 aromatic carbocycles. The summed E-state index contributed by atoms with van der Waals surface area (Å²) in [6.45, 7) is 1.14. The lowest BCUT2D eigenvalue weighted by Crippen LogP contribution is -2.91. The monoisotopic (exact) mass is 205 g/mol. The number of nitrogens with one attached hydrogen (secondary N) is 1. The third-order valence-corrected chi connectivity index (χ3v) is 3.23. The molecule has 2 N–H and O–H groups in total. The van der Waals surface area contributed by atoms with E-state index in [1.165, 1.54) is 0 Å². The van der Waals surface area contributed by atoms with Gasteiger partial charge in [-0.05, 0) is 12.8 Å². The molecule has 2 bridgehead atoms. The van der Waals surface area contributed by atoms with Crippen molar-refractivity contribution in [1.82, 2.24) is 5.32 Å². The van der Waals surface area contributed by atoms with Crippen molar-refractivity contribution >= 4 is 11.9 Å². The number of carbonyl (C=O) groups excluding carboxylic acids is 1. The standard InChI is InChI=1S/C8H9F2NO3/c1-4(12)11-7-2-6(3-7,5(13)14)8(7,9)10/h2-3H2,1H3,(H,11,12)(H,13,14). The van der Waals surface area contributed by atoms with Crippen molar-refractivity contribution in [1.29, 1.82) is 0 Å². The minimum atomic E-state index is -3.31. The first-order chi connectivity index (χ1) is 6.27. The molecular formula is C8H9F2NO3. The van der Waals surface area contributed by atoms with Gasteiger partial charge in [-0.1, -0.05) is 0 Å². The molecule has 3 aliphatic rings. The fraction of sp³-hybridized carbons (Fsp3) is 0.750. The Morgan fingerprint density at radius 3 is 2.14 bits per heavy atom. The van der Waals surface area contributed by atoms with Crippen molar-refractivity contribution < 1.29 is 23.5 Å². The van der Waals surface area contributed by atoms with E-state index in [1.54, 1.807) is 0 Å². The van der Waals surface area contributed by atoms with Crippen molar-refractivity contribution in [2.75, 3.05) is 0 Å². The Morgan fingerprint density at radius 1 is 1.36 bits per heavy atom. The first-order valence-electron chi connectivity index (χ1n) is 4.17. The number of halogens is 2. The van der Waals surface area contributed by atoms with Crippen LogP contribution in [0.1, 0.15) is 19.8 Å². The Labute approximate surface area is 78.3 Å². The van der Waals surface area contributed by atoms with Crippen molar-refractivity contribution in [3.63, 3.8) is 0 Å². The molecule has 14 heavy (non-hydrogen) atoms. The number of amides is 1. The van der Waals surface area contributed by atoms with E-state index in [4.69, 9.17) is 5.11 Å². The molecule has 0 heterocycles. The van der Waals surface area contributed by atoms with Crippen LogP contribution in [0.3, 0.4) is 0 Å². The van der Waals surface area contributed by atoms with E-state index in [2.05, 4.69) is 5.32 Å². The summed E-state index contributed by atoms with van der Waals surface area (Å²) in [5.41, 5.74) is -3.51. The third-order valence-electron chi connectivity index (χ3n) is 3.23. The SMILES string of the molecule is CC(=O)NC12CC(C(=O)O)(C1)C2(F)F. The smallest absolute Gasteiger partial charge is 0.316 e. The molecule has 78 valence electrons. The lowest BCUT2D eigenvalue weighted by molar-refractivity contribution is -0.357. The molecule has 6 heteroatoms. The van der Waals surface area contributed by atoms with Crippen molar-refractivity contribution in [2.24, 2.45) is 5.41 Å². The molecule has 3 rings (SSSR count). The molecule has 4 nitrogen and oxygen atoms in total. The molecule has 3 saturated carbocycles. The second-order valence-corrected chi connectivity index (χ2v) is 4.08. The number of hydrogen-bond acceptors (Lipinski definition) is 2. The maximum absolute atomic E-state index is 13.3. The van der Waals surface area contributed by atoms with Gasteiger partial charge in [-0.3, -0.25) is 9.59 Å². The van der Waals surface area contributed by atoms with Gasteiger partial charge >= 0.3 is 5.97 Å². The van der Waals surface area contributed by atoms with E-state index in [0.717, 1.165) is 6.92 Å². The molecule has 0 aromatic rings. The summed E-state index contributed by atoms with van der Waals surface area (Å²) in [5.74, 6) is -5.34. The predicted molar refractivity (Wildman–Crippen MR) is 40.8 cm³/mol. The normalized spacial score (nSPS) is 41.9. The molecule has 3 aliphatic carbocycles. The summed E-state index contributed by atoms with van der Waals surface area (Å²) in [6, 6.07) is 0. The topological polar surface area (TPSA) is 66.4 Å². The molecule has 0 spiro atoms. The minimum Gasteiger partial charge on any atom is -0.481 e. The maximum Gasteiger partial charge on any atom is 0.316 e. The quantitative estimate of drug-likeness (QED) is 0.684. The second-order valence-electron chi connectivity index (χ2n) is 4.08. The van der Waals surface area contributed by atoms with E-state index in [1.807, 2.05) is 0 Å². The van der Waals surface area contributed by atoms with Gasteiger partial charge in [0, 0.05) is 6.92 Å². The van der Waals surface area contributed by atoms with Gasteiger partial charge < -0.3 is 10.4 Å². The van der Waals surface area contributed by atoms with Gasteiger partial charge in [0.1, 0.15) is 11.0 Å². The van der Waals surface area contributed by atoms with E-state index in [9.17, 15) is 18.4 Å². The zero-order valence-corrected chi connectivity index (χ0v) is 7.43. The van der Waals surface area contributed by atoms with Crippen LogP contribution in [0, 0.1) is 5.41 Å². The van der Waals surface area contributed by atoms with E-state index in [-0.39, 0.29) is 12.8 Å². The average Bonchev–Trinajstić information content (AvgIpc) is 1.95. The maximum atomic E-state index is 13.3. The summed E-state index contributed by atoms with van der Waals surface area (Å²) in [7, 11) is 0. The average molecular weight is 205 g/mol. The van der Waals surface area contributed by atoms with Crippen LogP contribution in [0.4, 0.5) is 8.78 Å². The molecule has 0 aliphatic heterocycles. The lowest BCUT2D eigenvalue weighted by Gasteiger charge is -2.72. The molecule has 3 fully saturated rings. The minimum absolute atomic E-state index is 0.165. The number of alkyl halides is 2. The van der Waals surface area contributed by atoms with Crippen molar-refractivity contribution in [2.45, 2.75) is 31.2 Å². The highest BCUT2D eigenvalue weighted by molar-refractivity contribution is 5.85. The molecule has 0 unspecified atom stereocenters. The molecule has 0 saturated heterocycles. The van der Waals surface area contributed by atoms with Gasteiger partial charge in [-0.15, -0.1) is 0 Å². The second kappa shape index (κ2) is 2.07. The Bertz CT molecular complexity index is 333. The van der Waals surface area contributed by atoms with Crippen LogP contribution in [0.25, 0.3) is 0 Å². The van der Waals surface area contributed by atoms with E-state index in [0.29, 0.717) is 0 Å². The summed E-state index contributed by atoms with van der Waals surface area (Å²) in [5, 5.41) is 10.8. The number of carboxylic acids is 1. The summed E-state index contributed by atoms with van der Waals surface area (Å²) in [6.07, 6.45) is -0.330. The van der Waals surface area contributed by atoms with Crippen molar-refractivity contribution in [3.8, 4) is 0 Å². The number of hydrogen-bond donors (Lipinski definition) is 2. The highest BCUT2D eigenvalue weighted by atomic mass is 19.3. The number of rotatable bonds is 2. The van der Waals surface area contributed by atoms with Gasteiger partial charge in [0.05, 0.1) is 0 Å². The Kier molecular flexibility index (Phi) is 1.38. The van der Waals surface area contributed by atoms with E-state index >= 15 is 0 Å². The first kappa shape index (κ1) is 9.36. The Balaban J connectivity index is 2.20. The van der Waals surface area contributed by atoms with Gasteiger partial charge in [0.2, 0.25) is 5.91 Å². The fourth-order valence-corrected chi connectivity index (χ4v) is 2.46. The van der Waals surface area contributed by atoms with Gasteiger partial charge in [0.25, 0.3) is 5.92 Å². The largest absolute Gasteiger partial charge is 0.481 e. The molecular weight excluding hydrogens is 196 g/mol. The fourth-order valence-electron chi connectivity index (χ4n) is 2.46. The molecule has 0 atom stereocenters. The van der Waals surface area contributed by atoms with Crippen LogP contribution < -0.4 is 5.32 Å². The van der Waals surface area contributed by atoms with Gasteiger partial charge in [0.15, 0.2) is 0 Å². The van der Waals surface area contributed by atoms with Crippen LogP contribution in [0.2, 0.25) is 0 Å². The lowest BCUT2D eigenvalue weighted by atomic mass is 9.36. The zero-order chi connectivity index (χ0) is 10.8. The van der Waals surface area contributed by atoms with Gasteiger partial charge in [-0.25, -0.2) is 8.78 Å². The summed E-state index contributed by atoms with van der Waals surface area (Å²) in [4.78, 5) is 21.2. The molecule has 0 aromatic heterocycles. The van der Waals surface area contributed by atoms with Crippen LogP contribution in [-0.4, -0.2) is 28.4 Å². The number of carboxylic acid groups (broad SMARTS) is 1. The van der Waals surface area contributed by atoms with Crippen LogP contribution >= 0.6 is 0 Å². The van der Waals surface area contributed by atoms with Gasteiger partial charge in [-0.2, -0.15) is 0 Å². The Morgan fingerprint density at radius 2 is 1.86 bits per heavy atom.